The summed E-state index contributed by atoms with van der Waals surface area (Å²) in [5, 5.41) is 5.82. The van der Waals surface area contributed by atoms with E-state index in [0.29, 0.717) is 29.2 Å². The standard InChI is InChI=1S/C23H27N3O3S/c1-2-16-29-20-13-7-5-11-18(20)21(27)25-23(30)24-19-12-6-4-10-17(19)22(28)26-14-8-3-9-15-26/h4-7,10-13H,2-3,8-9,14-16H2,1H3,(H2,24,25,27,30). The van der Waals surface area contributed by atoms with Crippen molar-refractivity contribution in [1.29, 1.82) is 0 Å². The number of para-hydroxylation sites is 2. The van der Waals surface area contributed by atoms with Crippen molar-refractivity contribution in [2.24, 2.45) is 0 Å². The number of nitrogens with zero attached hydrogens (tertiary/aromatic N) is 1. The van der Waals surface area contributed by atoms with E-state index < -0.39 is 0 Å². The molecular weight excluding hydrogens is 398 g/mol. The second-order valence-electron chi connectivity index (χ2n) is 7.15. The van der Waals surface area contributed by atoms with E-state index in [9.17, 15) is 9.59 Å². The van der Waals surface area contributed by atoms with Gasteiger partial charge in [0.25, 0.3) is 11.8 Å². The van der Waals surface area contributed by atoms with Crippen LogP contribution in [0.2, 0.25) is 0 Å². The first kappa shape index (κ1) is 21.8. The lowest BCUT2D eigenvalue weighted by Crippen LogP contribution is -2.37. The molecule has 0 unspecified atom stereocenters. The molecule has 2 N–H and O–H groups in total. The highest BCUT2D eigenvalue weighted by Crippen LogP contribution is 2.21. The highest BCUT2D eigenvalue weighted by Gasteiger charge is 2.21. The van der Waals surface area contributed by atoms with E-state index in [1.807, 2.05) is 30.0 Å². The van der Waals surface area contributed by atoms with Crippen LogP contribution >= 0.6 is 12.2 Å². The Balaban J connectivity index is 1.68. The van der Waals surface area contributed by atoms with Crippen molar-refractivity contribution in [2.45, 2.75) is 32.6 Å². The fourth-order valence-electron chi connectivity index (χ4n) is 3.36. The number of likely N-dealkylation sites (tertiary alicyclic amines) is 1. The lowest BCUT2D eigenvalue weighted by Gasteiger charge is -2.27. The predicted molar refractivity (Wildman–Crippen MR) is 122 cm³/mol. The van der Waals surface area contributed by atoms with E-state index in [1.54, 1.807) is 30.3 Å². The molecule has 0 aliphatic carbocycles. The molecule has 0 spiro atoms. The summed E-state index contributed by atoms with van der Waals surface area (Å²) in [6.07, 6.45) is 4.05. The van der Waals surface area contributed by atoms with Crippen LogP contribution in [0.3, 0.4) is 0 Å². The van der Waals surface area contributed by atoms with E-state index >= 15 is 0 Å². The van der Waals surface area contributed by atoms with Crippen LogP contribution in [0.15, 0.2) is 48.5 Å². The fraction of sp³-hybridized carbons (Fsp3) is 0.348. The number of benzene rings is 2. The minimum absolute atomic E-state index is 0.0229. The second kappa shape index (κ2) is 10.7. The van der Waals surface area contributed by atoms with Crippen molar-refractivity contribution in [3.63, 3.8) is 0 Å². The number of ether oxygens (including phenoxy) is 1. The first-order valence-electron chi connectivity index (χ1n) is 10.3. The quantitative estimate of drug-likeness (QED) is 0.678. The Morgan fingerprint density at radius 1 is 1.00 bits per heavy atom. The largest absolute Gasteiger partial charge is 0.493 e. The molecule has 1 aliphatic rings. The molecule has 1 saturated heterocycles. The third-order valence-electron chi connectivity index (χ3n) is 4.87. The number of nitrogens with one attached hydrogen (secondary N) is 2. The van der Waals surface area contributed by atoms with Crippen LogP contribution in [0, 0.1) is 0 Å². The van der Waals surface area contributed by atoms with Gasteiger partial charge in [0, 0.05) is 13.1 Å². The number of hydrogen-bond donors (Lipinski definition) is 2. The smallest absolute Gasteiger partial charge is 0.261 e. The van der Waals surface area contributed by atoms with Gasteiger partial charge in [-0.15, -0.1) is 0 Å². The second-order valence-corrected chi connectivity index (χ2v) is 7.56. The van der Waals surface area contributed by atoms with Gasteiger partial charge in [-0.05, 0) is 62.2 Å². The summed E-state index contributed by atoms with van der Waals surface area (Å²) in [6.45, 7) is 4.06. The van der Waals surface area contributed by atoms with Gasteiger partial charge in [-0.3, -0.25) is 14.9 Å². The van der Waals surface area contributed by atoms with Gasteiger partial charge in [0.05, 0.1) is 23.4 Å². The molecule has 1 aliphatic heterocycles. The molecule has 7 heteroatoms. The number of rotatable bonds is 6. The number of piperidine rings is 1. The number of hydrogen-bond acceptors (Lipinski definition) is 4. The molecule has 6 nitrogen and oxygen atoms in total. The summed E-state index contributed by atoms with van der Waals surface area (Å²) in [4.78, 5) is 27.5. The lowest BCUT2D eigenvalue weighted by atomic mass is 10.1. The molecule has 0 aromatic heterocycles. The van der Waals surface area contributed by atoms with E-state index in [4.69, 9.17) is 17.0 Å². The van der Waals surface area contributed by atoms with Crippen molar-refractivity contribution >= 4 is 34.8 Å². The monoisotopic (exact) mass is 425 g/mol. The number of carbonyl (C=O) groups is 2. The average Bonchev–Trinajstić information content (AvgIpc) is 2.78. The van der Waals surface area contributed by atoms with E-state index in [2.05, 4.69) is 10.6 Å². The van der Waals surface area contributed by atoms with Crippen LogP contribution < -0.4 is 15.4 Å². The third kappa shape index (κ3) is 5.57. The van der Waals surface area contributed by atoms with Crippen molar-refractivity contribution in [3.05, 3.63) is 59.7 Å². The van der Waals surface area contributed by atoms with Crippen LogP contribution in [-0.4, -0.2) is 41.5 Å². The van der Waals surface area contributed by atoms with Gasteiger partial charge < -0.3 is 15.0 Å². The van der Waals surface area contributed by atoms with Crippen LogP contribution in [0.1, 0.15) is 53.3 Å². The van der Waals surface area contributed by atoms with Gasteiger partial charge in [-0.25, -0.2) is 0 Å². The Kier molecular flexibility index (Phi) is 7.79. The normalized spacial score (nSPS) is 13.4. The first-order valence-corrected chi connectivity index (χ1v) is 10.7. The Hall–Kier alpha value is -2.93. The molecule has 158 valence electrons. The maximum atomic E-state index is 12.9. The maximum Gasteiger partial charge on any atom is 0.261 e. The Labute approximate surface area is 182 Å². The first-order chi connectivity index (χ1) is 14.6. The third-order valence-corrected chi connectivity index (χ3v) is 5.07. The Bertz CT molecular complexity index is 910. The molecule has 2 amide bonds. The van der Waals surface area contributed by atoms with Crippen LogP contribution in [0.5, 0.6) is 5.75 Å². The van der Waals surface area contributed by atoms with Gasteiger partial charge in [0.15, 0.2) is 5.11 Å². The minimum Gasteiger partial charge on any atom is -0.493 e. The van der Waals surface area contributed by atoms with Gasteiger partial charge in [-0.2, -0.15) is 0 Å². The SMILES string of the molecule is CCCOc1ccccc1C(=O)NC(=S)Nc1ccccc1C(=O)N1CCCCC1. The molecule has 30 heavy (non-hydrogen) atoms. The molecule has 3 rings (SSSR count). The summed E-state index contributed by atoms with van der Waals surface area (Å²) >= 11 is 5.34. The molecule has 0 radical (unpaired) electrons. The van der Waals surface area contributed by atoms with E-state index in [-0.39, 0.29) is 16.9 Å². The van der Waals surface area contributed by atoms with Crippen LogP contribution in [0.4, 0.5) is 5.69 Å². The number of anilines is 1. The summed E-state index contributed by atoms with van der Waals surface area (Å²) in [7, 11) is 0. The van der Waals surface area contributed by atoms with Crippen molar-refractivity contribution in [1.82, 2.24) is 10.2 Å². The minimum atomic E-state index is -0.362. The zero-order chi connectivity index (χ0) is 21.3. The Morgan fingerprint density at radius 2 is 1.67 bits per heavy atom. The predicted octanol–water partition coefficient (Wildman–Crippen LogP) is 4.23. The highest BCUT2D eigenvalue weighted by atomic mass is 32.1. The van der Waals surface area contributed by atoms with Gasteiger partial charge in [0.1, 0.15) is 5.75 Å². The number of thiocarbonyl (C=S) groups is 1. The lowest BCUT2D eigenvalue weighted by molar-refractivity contribution is 0.0725. The van der Waals surface area contributed by atoms with Crippen molar-refractivity contribution in [3.8, 4) is 5.75 Å². The molecule has 2 aromatic rings. The highest BCUT2D eigenvalue weighted by molar-refractivity contribution is 7.80. The average molecular weight is 426 g/mol. The van der Waals surface area contributed by atoms with Crippen LogP contribution in [0.25, 0.3) is 0 Å². The zero-order valence-electron chi connectivity index (χ0n) is 17.1. The summed E-state index contributed by atoms with van der Waals surface area (Å²) in [5.74, 6) is 0.129. The van der Waals surface area contributed by atoms with E-state index in [1.165, 1.54) is 0 Å². The van der Waals surface area contributed by atoms with E-state index in [0.717, 1.165) is 38.8 Å². The maximum absolute atomic E-state index is 12.9. The number of carbonyl (C=O) groups excluding carboxylic acids is 2. The zero-order valence-corrected chi connectivity index (χ0v) is 18.0. The van der Waals surface area contributed by atoms with Crippen molar-refractivity contribution in [2.75, 3.05) is 25.0 Å². The summed E-state index contributed by atoms with van der Waals surface area (Å²) in [6, 6.07) is 14.3. The fourth-order valence-corrected chi connectivity index (χ4v) is 3.56. The molecule has 0 atom stereocenters. The van der Waals surface area contributed by atoms with Crippen LogP contribution in [-0.2, 0) is 0 Å². The molecule has 1 fully saturated rings. The topological polar surface area (TPSA) is 70.7 Å². The summed E-state index contributed by atoms with van der Waals surface area (Å²) in [5.41, 5.74) is 1.53. The molecule has 0 bridgehead atoms. The van der Waals surface area contributed by atoms with Gasteiger partial charge in [0.2, 0.25) is 0 Å². The molecule has 2 aromatic carbocycles. The van der Waals surface area contributed by atoms with Gasteiger partial charge >= 0.3 is 0 Å². The molecule has 1 heterocycles. The van der Waals surface area contributed by atoms with Crippen molar-refractivity contribution < 1.29 is 14.3 Å². The number of amides is 2. The Morgan fingerprint density at radius 3 is 2.40 bits per heavy atom. The van der Waals surface area contributed by atoms with Gasteiger partial charge in [-0.1, -0.05) is 31.2 Å². The molecular formula is C23H27N3O3S. The molecule has 0 saturated carbocycles. The summed E-state index contributed by atoms with van der Waals surface area (Å²) < 4.78 is 5.65.